The SMILES string of the molecule is CSc1ccc(NC(=O)CCCN2C(=O)NC(C)(C)C2=O)cc1. The van der Waals surface area contributed by atoms with Crippen LogP contribution in [-0.2, 0) is 9.59 Å². The quantitative estimate of drug-likeness (QED) is 0.618. The lowest BCUT2D eigenvalue weighted by Gasteiger charge is -2.15. The van der Waals surface area contributed by atoms with Gasteiger partial charge in [-0.05, 0) is 50.8 Å². The number of anilines is 1. The van der Waals surface area contributed by atoms with E-state index in [-0.39, 0.29) is 24.8 Å². The maximum absolute atomic E-state index is 12.0. The topological polar surface area (TPSA) is 78.5 Å². The van der Waals surface area contributed by atoms with Gasteiger partial charge in [0.15, 0.2) is 0 Å². The first-order valence-electron chi connectivity index (χ1n) is 7.41. The van der Waals surface area contributed by atoms with Gasteiger partial charge < -0.3 is 10.6 Å². The van der Waals surface area contributed by atoms with Gasteiger partial charge in [0, 0.05) is 23.5 Å². The van der Waals surface area contributed by atoms with Crippen molar-refractivity contribution in [1.82, 2.24) is 10.2 Å². The lowest BCUT2D eigenvalue weighted by Crippen LogP contribution is -2.40. The highest BCUT2D eigenvalue weighted by Gasteiger charge is 2.43. The van der Waals surface area contributed by atoms with Crippen molar-refractivity contribution in [2.45, 2.75) is 37.1 Å². The maximum atomic E-state index is 12.0. The summed E-state index contributed by atoms with van der Waals surface area (Å²) in [5.41, 5.74) is -0.123. The summed E-state index contributed by atoms with van der Waals surface area (Å²) >= 11 is 1.64. The van der Waals surface area contributed by atoms with Crippen LogP contribution >= 0.6 is 11.8 Å². The molecule has 0 atom stereocenters. The molecule has 0 spiro atoms. The largest absolute Gasteiger partial charge is 0.326 e. The van der Waals surface area contributed by atoms with Gasteiger partial charge in [-0.1, -0.05) is 0 Å². The number of hydrogen-bond acceptors (Lipinski definition) is 4. The number of nitrogens with one attached hydrogen (secondary N) is 2. The van der Waals surface area contributed by atoms with Crippen LogP contribution in [0.25, 0.3) is 0 Å². The van der Waals surface area contributed by atoms with E-state index in [1.165, 1.54) is 4.90 Å². The molecule has 0 bridgehead atoms. The molecule has 2 rings (SSSR count). The Hall–Kier alpha value is -2.02. The first-order valence-corrected chi connectivity index (χ1v) is 8.64. The highest BCUT2D eigenvalue weighted by Crippen LogP contribution is 2.19. The Kier molecular flexibility index (Phi) is 5.30. The fourth-order valence-corrected chi connectivity index (χ4v) is 2.72. The molecule has 0 saturated carbocycles. The first kappa shape index (κ1) is 17.3. The standard InChI is InChI=1S/C16H21N3O3S/c1-16(2)14(21)19(15(22)18-16)10-4-5-13(20)17-11-6-8-12(23-3)9-7-11/h6-9H,4-5,10H2,1-3H3,(H,17,20)(H,18,22). The zero-order valence-corrected chi connectivity index (χ0v) is 14.3. The van der Waals surface area contributed by atoms with Crippen LogP contribution in [0.2, 0.25) is 0 Å². The van der Waals surface area contributed by atoms with Gasteiger partial charge >= 0.3 is 6.03 Å². The Morgan fingerprint density at radius 1 is 1.26 bits per heavy atom. The van der Waals surface area contributed by atoms with Gasteiger partial charge in [0.25, 0.3) is 5.91 Å². The molecule has 4 amide bonds. The number of imide groups is 1. The zero-order valence-electron chi connectivity index (χ0n) is 13.5. The van der Waals surface area contributed by atoms with E-state index in [0.717, 1.165) is 10.6 Å². The molecule has 0 aliphatic carbocycles. The summed E-state index contributed by atoms with van der Waals surface area (Å²) in [7, 11) is 0. The summed E-state index contributed by atoms with van der Waals surface area (Å²) in [5, 5.41) is 5.42. The van der Waals surface area contributed by atoms with Crippen LogP contribution in [0.1, 0.15) is 26.7 Å². The normalized spacial score (nSPS) is 16.4. The second-order valence-electron chi connectivity index (χ2n) is 5.89. The van der Waals surface area contributed by atoms with Crippen LogP contribution in [0.4, 0.5) is 10.5 Å². The summed E-state index contributed by atoms with van der Waals surface area (Å²) in [6.07, 6.45) is 2.68. The van der Waals surface area contributed by atoms with Crippen LogP contribution in [0, 0.1) is 0 Å². The molecule has 1 fully saturated rings. The predicted molar refractivity (Wildman–Crippen MR) is 90.4 cm³/mol. The third kappa shape index (κ3) is 4.25. The average molecular weight is 335 g/mol. The fourth-order valence-electron chi connectivity index (χ4n) is 2.32. The van der Waals surface area contributed by atoms with E-state index in [0.29, 0.717) is 6.42 Å². The molecule has 1 saturated heterocycles. The molecule has 1 aromatic carbocycles. The molecular formula is C16H21N3O3S. The molecule has 2 N–H and O–H groups in total. The molecule has 0 aromatic heterocycles. The molecule has 23 heavy (non-hydrogen) atoms. The average Bonchev–Trinajstić information content (AvgIpc) is 2.69. The van der Waals surface area contributed by atoms with E-state index in [2.05, 4.69) is 10.6 Å². The number of urea groups is 1. The van der Waals surface area contributed by atoms with Crippen molar-refractivity contribution >= 4 is 35.3 Å². The van der Waals surface area contributed by atoms with Gasteiger partial charge in [0.2, 0.25) is 5.91 Å². The third-order valence-corrected chi connectivity index (χ3v) is 4.35. The second kappa shape index (κ2) is 7.04. The number of benzene rings is 1. The van der Waals surface area contributed by atoms with Crippen molar-refractivity contribution < 1.29 is 14.4 Å². The predicted octanol–water partition coefficient (Wildman–Crippen LogP) is 2.46. The number of carbonyl (C=O) groups is 3. The second-order valence-corrected chi connectivity index (χ2v) is 6.77. The molecule has 124 valence electrons. The number of nitrogens with zero attached hydrogens (tertiary/aromatic N) is 1. The van der Waals surface area contributed by atoms with Gasteiger partial charge in [-0.2, -0.15) is 0 Å². The minimum atomic E-state index is -0.863. The summed E-state index contributed by atoms with van der Waals surface area (Å²) in [6.45, 7) is 3.57. The third-order valence-electron chi connectivity index (χ3n) is 3.60. The van der Waals surface area contributed by atoms with Crippen molar-refractivity contribution in [2.24, 2.45) is 0 Å². The molecule has 1 aromatic rings. The van der Waals surface area contributed by atoms with E-state index >= 15 is 0 Å². The molecule has 0 radical (unpaired) electrons. The van der Waals surface area contributed by atoms with Gasteiger partial charge in [0.1, 0.15) is 5.54 Å². The first-order chi connectivity index (χ1) is 10.8. The Balaban J connectivity index is 1.78. The lowest BCUT2D eigenvalue weighted by molar-refractivity contribution is -0.130. The van der Waals surface area contributed by atoms with Gasteiger partial charge in [-0.25, -0.2) is 4.79 Å². The van der Waals surface area contributed by atoms with Crippen LogP contribution in [-0.4, -0.2) is 41.1 Å². The highest BCUT2D eigenvalue weighted by molar-refractivity contribution is 7.98. The van der Waals surface area contributed by atoms with Crippen molar-refractivity contribution in [1.29, 1.82) is 0 Å². The Labute approximate surface area is 140 Å². The summed E-state index contributed by atoms with van der Waals surface area (Å²) in [6, 6.07) is 7.19. The lowest BCUT2D eigenvalue weighted by atomic mass is 10.1. The molecule has 1 aliphatic rings. The van der Waals surface area contributed by atoms with E-state index in [4.69, 9.17) is 0 Å². The maximum Gasteiger partial charge on any atom is 0.325 e. The molecular weight excluding hydrogens is 314 g/mol. The minimum Gasteiger partial charge on any atom is -0.326 e. The zero-order chi connectivity index (χ0) is 17.0. The summed E-state index contributed by atoms with van der Waals surface area (Å²) < 4.78 is 0. The van der Waals surface area contributed by atoms with Crippen LogP contribution < -0.4 is 10.6 Å². The number of amides is 4. The van der Waals surface area contributed by atoms with Crippen molar-refractivity contribution in [3.05, 3.63) is 24.3 Å². The minimum absolute atomic E-state index is 0.131. The fraction of sp³-hybridized carbons (Fsp3) is 0.438. The number of carbonyl (C=O) groups excluding carboxylic acids is 3. The van der Waals surface area contributed by atoms with Crippen LogP contribution in [0.15, 0.2) is 29.2 Å². The van der Waals surface area contributed by atoms with Gasteiger partial charge in [0.05, 0.1) is 0 Å². The van der Waals surface area contributed by atoms with Crippen LogP contribution in [0.5, 0.6) is 0 Å². The van der Waals surface area contributed by atoms with Gasteiger partial charge in [-0.3, -0.25) is 14.5 Å². The van der Waals surface area contributed by atoms with E-state index in [9.17, 15) is 14.4 Å². The Morgan fingerprint density at radius 3 is 2.43 bits per heavy atom. The Morgan fingerprint density at radius 2 is 1.91 bits per heavy atom. The van der Waals surface area contributed by atoms with E-state index in [1.807, 2.05) is 30.5 Å². The van der Waals surface area contributed by atoms with E-state index < -0.39 is 11.6 Å². The molecule has 1 aliphatic heterocycles. The van der Waals surface area contributed by atoms with Crippen molar-refractivity contribution in [3.63, 3.8) is 0 Å². The molecule has 7 heteroatoms. The molecule has 1 heterocycles. The summed E-state index contributed by atoms with van der Waals surface area (Å²) in [5.74, 6) is -0.385. The monoisotopic (exact) mass is 335 g/mol. The summed E-state index contributed by atoms with van der Waals surface area (Å²) in [4.78, 5) is 37.9. The number of hydrogen-bond donors (Lipinski definition) is 2. The van der Waals surface area contributed by atoms with Crippen LogP contribution in [0.3, 0.4) is 0 Å². The van der Waals surface area contributed by atoms with Crippen molar-refractivity contribution in [3.8, 4) is 0 Å². The molecule has 0 unspecified atom stereocenters. The smallest absolute Gasteiger partial charge is 0.325 e. The number of rotatable bonds is 6. The van der Waals surface area contributed by atoms with Crippen molar-refractivity contribution in [2.75, 3.05) is 18.1 Å². The number of thioether (sulfide) groups is 1. The molecule has 6 nitrogen and oxygen atoms in total. The van der Waals surface area contributed by atoms with Gasteiger partial charge in [-0.15, -0.1) is 11.8 Å². The Bertz CT molecular complexity index is 614. The highest BCUT2D eigenvalue weighted by atomic mass is 32.2. The van der Waals surface area contributed by atoms with E-state index in [1.54, 1.807) is 25.6 Å².